The molecule has 1 aromatic carbocycles. The maximum absolute atomic E-state index is 11.9. The van der Waals surface area contributed by atoms with Crippen LogP contribution in [-0.4, -0.2) is 37.6 Å². The number of ether oxygens (including phenoxy) is 1. The van der Waals surface area contributed by atoms with Gasteiger partial charge in [-0.05, 0) is 31.5 Å². The fourth-order valence-electron chi connectivity index (χ4n) is 2.41. The molecule has 0 aliphatic carbocycles. The highest BCUT2D eigenvalue weighted by Crippen LogP contribution is 2.17. The average Bonchev–Trinajstić information content (AvgIpc) is 2.52. The van der Waals surface area contributed by atoms with Crippen LogP contribution in [0, 0.1) is 0 Å². The van der Waals surface area contributed by atoms with Crippen LogP contribution in [0.25, 0.3) is 0 Å². The van der Waals surface area contributed by atoms with Crippen molar-refractivity contribution in [3.63, 3.8) is 0 Å². The van der Waals surface area contributed by atoms with E-state index in [-0.39, 0.29) is 30.3 Å². The van der Waals surface area contributed by atoms with E-state index >= 15 is 0 Å². The molecule has 1 saturated heterocycles. The summed E-state index contributed by atoms with van der Waals surface area (Å²) in [6, 6.07) is 7.11. The Labute approximate surface area is 142 Å². The highest BCUT2D eigenvalue weighted by molar-refractivity contribution is 5.88. The second-order valence-electron chi connectivity index (χ2n) is 5.35. The first-order valence-corrected chi connectivity index (χ1v) is 7.67. The number of halogens is 1. The predicted octanol–water partition coefficient (Wildman–Crippen LogP) is 1.70. The number of nitrogens with one attached hydrogen (secondary N) is 3. The summed E-state index contributed by atoms with van der Waals surface area (Å²) >= 11 is 0. The number of carbonyl (C=O) groups is 2. The van der Waals surface area contributed by atoms with Crippen molar-refractivity contribution in [2.75, 3.05) is 25.0 Å². The number of hydrogen-bond donors (Lipinski definition) is 3. The van der Waals surface area contributed by atoms with Crippen LogP contribution in [-0.2, 0) is 9.59 Å². The monoisotopic (exact) mass is 341 g/mol. The molecular weight excluding hydrogens is 318 g/mol. The lowest BCUT2D eigenvalue weighted by Gasteiger charge is -2.22. The summed E-state index contributed by atoms with van der Waals surface area (Å²) in [5.74, 6) is 0.580. The standard InChI is InChI=1S/C16H23N3O3.ClH/c1-12(20)19-13-5-4-6-14(11-13)22-10-9-18-16(21)15-7-2-3-8-17-15;/h4-6,11,15,17H,2-3,7-10H2,1H3,(H,18,21)(H,19,20);1H. The van der Waals surface area contributed by atoms with E-state index in [0.29, 0.717) is 24.6 Å². The summed E-state index contributed by atoms with van der Waals surface area (Å²) in [5.41, 5.74) is 0.695. The molecule has 7 heteroatoms. The van der Waals surface area contributed by atoms with Crippen LogP contribution in [0.5, 0.6) is 5.75 Å². The van der Waals surface area contributed by atoms with Gasteiger partial charge in [-0.3, -0.25) is 9.59 Å². The van der Waals surface area contributed by atoms with Crippen LogP contribution in [0.3, 0.4) is 0 Å². The first-order valence-electron chi connectivity index (χ1n) is 7.67. The molecule has 1 aliphatic heterocycles. The summed E-state index contributed by atoms with van der Waals surface area (Å²) in [5, 5.41) is 8.78. The number of anilines is 1. The van der Waals surface area contributed by atoms with Gasteiger partial charge in [-0.1, -0.05) is 12.5 Å². The summed E-state index contributed by atoms with van der Waals surface area (Å²) in [7, 11) is 0. The van der Waals surface area contributed by atoms with Gasteiger partial charge in [0.05, 0.1) is 12.6 Å². The van der Waals surface area contributed by atoms with E-state index in [4.69, 9.17) is 4.74 Å². The van der Waals surface area contributed by atoms with Crippen molar-refractivity contribution in [2.45, 2.75) is 32.2 Å². The van der Waals surface area contributed by atoms with Crippen LogP contribution >= 0.6 is 12.4 Å². The van der Waals surface area contributed by atoms with Gasteiger partial charge in [-0.15, -0.1) is 12.4 Å². The zero-order valence-corrected chi connectivity index (χ0v) is 14.1. The fraction of sp³-hybridized carbons (Fsp3) is 0.500. The third kappa shape index (κ3) is 6.88. The fourth-order valence-corrected chi connectivity index (χ4v) is 2.41. The Hall–Kier alpha value is -1.79. The van der Waals surface area contributed by atoms with E-state index in [2.05, 4.69) is 16.0 Å². The van der Waals surface area contributed by atoms with Gasteiger partial charge in [-0.25, -0.2) is 0 Å². The Balaban J connectivity index is 0.00000264. The molecule has 1 aromatic rings. The first-order chi connectivity index (χ1) is 10.6. The van der Waals surface area contributed by atoms with Gasteiger partial charge in [0.2, 0.25) is 11.8 Å². The average molecular weight is 342 g/mol. The van der Waals surface area contributed by atoms with E-state index in [0.717, 1.165) is 25.8 Å². The minimum absolute atomic E-state index is 0. The summed E-state index contributed by atoms with van der Waals surface area (Å²) < 4.78 is 5.58. The number of amides is 2. The van der Waals surface area contributed by atoms with E-state index in [1.165, 1.54) is 6.92 Å². The van der Waals surface area contributed by atoms with Crippen LogP contribution < -0.4 is 20.7 Å². The van der Waals surface area contributed by atoms with E-state index in [1.54, 1.807) is 12.1 Å². The van der Waals surface area contributed by atoms with Gasteiger partial charge in [0, 0.05) is 18.7 Å². The number of benzene rings is 1. The maximum atomic E-state index is 11.9. The molecule has 3 N–H and O–H groups in total. The van der Waals surface area contributed by atoms with Crippen LogP contribution in [0.4, 0.5) is 5.69 Å². The quantitative estimate of drug-likeness (QED) is 0.688. The molecule has 2 amide bonds. The second-order valence-corrected chi connectivity index (χ2v) is 5.35. The molecular formula is C16H24ClN3O3. The number of hydrogen-bond acceptors (Lipinski definition) is 4. The second kappa shape index (κ2) is 10.1. The number of rotatable bonds is 6. The Morgan fingerprint density at radius 1 is 1.35 bits per heavy atom. The number of piperidine rings is 1. The molecule has 1 atom stereocenters. The van der Waals surface area contributed by atoms with Crippen molar-refractivity contribution in [3.05, 3.63) is 24.3 Å². The lowest BCUT2D eigenvalue weighted by Crippen LogP contribution is -2.47. The third-order valence-corrected chi connectivity index (χ3v) is 3.45. The van der Waals surface area contributed by atoms with Crippen molar-refractivity contribution in [1.82, 2.24) is 10.6 Å². The lowest BCUT2D eigenvalue weighted by molar-refractivity contribution is -0.123. The van der Waals surface area contributed by atoms with Gasteiger partial charge >= 0.3 is 0 Å². The van der Waals surface area contributed by atoms with E-state index < -0.39 is 0 Å². The predicted molar refractivity (Wildman–Crippen MR) is 92.1 cm³/mol. The molecule has 128 valence electrons. The smallest absolute Gasteiger partial charge is 0.237 e. The van der Waals surface area contributed by atoms with Crippen molar-refractivity contribution >= 4 is 29.9 Å². The molecule has 1 aliphatic rings. The largest absolute Gasteiger partial charge is 0.492 e. The van der Waals surface area contributed by atoms with E-state index in [1.807, 2.05) is 12.1 Å². The van der Waals surface area contributed by atoms with Gasteiger partial charge < -0.3 is 20.7 Å². The Morgan fingerprint density at radius 3 is 2.87 bits per heavy atom. The summed E-state index contributed by atoms with van der Waals surface area (Å²) in [6.07, 6.45) is 3.13. The topological polar surface area (TPSA) is 79.5 Å². The van der Waals surface area contributed by atoms with Gasteiger partial charge in [-0.2, -0.15) is 0 Å². The Morgan fingerprint density at radius 2 is 2.17 bits per heavy atom. The van der Waals surface area contributed by atoms with Gasteiger partial charge in [0.25, 0.3) is 0 Å². The molecule has 1 unspecified atom stereocenters. The molecule has 0 radical (unpaired) electrons. The van der Waals surface area contributed by atoms with Crippen LogP contribution in [0.15, 0.2) is 24.3 Å². The minimum atomic E-state index is -0.121. The number of carbonyl (C=O) groups excluding carboxylic acids is 2. The van der Waals surface area contributed by atoms with Crippen molar-refractivity contribution in [2.24, 2.45) is 0 Å². The van der Waals surface area contributed by atoms with Crippen LogP contribution in [0.1, 0.15) is 26.2 Å². The molecule has 0 bridgehead atoms. The zero-order valence-electron chi connectivity index (χ0n) is 13.3. The van der Waals surface area contributed by atoms with Crippen molar-refractivity contribution < 1.29 is 14.3 Å². The SMILES string of the molecule is CC(=O)Nc1cccc(OCCNC(=O)C2CCCCN2)c1.Cl. The zero-order chi connectivity index (χ0) is 15.8. The molecule has 0 aromatic heterocycles. The van der Waals surface area contributed by atoms with Gasteiger partial charge in [0.15, 0.2) is 0 Å². The summed E-state index contributed by atoms with van der Waals surface area (Å²) in [6.45, 7) is 3.22. The Bertz CT molecular complexity index is 519. The molecule has 6 nitrogen and oxygen atoms in total. The molecule has 2 rings (SSSR count). The molecule has 1 heterocycles. The Kier molecular flexibility index (Phi) is 8.43. The maximum Gasteiger partial charge on any atom is 0.237 e. The highest BCUT2D eigenvalue weighted by Gasteiger charge is 2.19. The van der Waals surface area contributed by atoms with Gasteiger partial charge in [0.1, 0.15) is 12.4 Å². The van der Waals surface area contributed by atoms with E-state index in [9.17, 15) is 9.59 Å². The van der Waals surface area contributed by atoms with Crippen LogP contribution in [0.2, 0.25) is 0 Å². The minimum Gasteiger partial charge on any atom is -0.492 e. The highest BCUT2D eigenvalue weighted by atomic mass is 35.5. The normalized spacial score (nSPS) is 16.8. The molecule has 0 spiro atoms. The first kappa shape index (κ1) is 19.3. The third-order valence-electron chi connectivity index (χ3n) is 3.45. The van der Waals surface area contributed by atoms with Crippen molar-refractivity contribution in [3.8, 4) is 5.75 Å². The molecule has 1 fully saturated rings. The molecule has 0 saturated carbocycles. The molecule has 23 heavy (non-hydrogen) atoms. The summed E-state index contributed by atoms with van der Waals surface area (Å²) in [4.78, 5) is 22.9. The lowest BCUT2D eigenvalue weighted by atomic mass is 10.0. The van der Waals surface area contributed by atoms with Crippen molar-refractivity contribution in [1.29, 1.82) is 0 Å².